The fraction of sp³-hybridized carbons (Fsp3) is 0.283. The number of H-pyrrole nitrogens is 4. The fourth-order valence-electron chi connectivity index (χ4n) is 8.34. The van der Waals surface area contributed by atoms with Crippen LogP contribution in [0.25, 0.3) is 88.9 Å². The maximum atomic E-state index is 5.50. The first-order valence-electron chi connectivity index (χ1n) is 23.9. The van der Waals surface area contributed by atoms with Crippen molar-refractivity contribution in [2.45, 2.75) is 81.1 Å². The summed E-state index contributed by atoms with van der Waals surface area (Å²) in [5.41, 5.74) is 21.1. The van der Waals surface area contributed by atoms with Gasteiger partial charge in [0.1, 0.15) is 11.4 Å². The predicted octanol–water partition coefficient (Wildman–Crippen LogP) is 11.0. The summed E-state index contributed by atoms with van der Waals surface area (Å²) in [6, 6.07) is 10.5. The van der Waals surface area contributed by atoms with E-state index in [4.69, 9.17) is 5.73 Å². The molecule has 0 spiro atoms. The van der Waals surface area contributed by atoms with Gasteiger partial charge >= 0.3 is 0 Å². The number of aromatic nitrogens is 13. The van der Waals surface area contributed by atoms with E-state index >= 15 is 0 Å². The summed E-state index contributed by atoms with van der Waals surface area (Å²) in [4.78, 5) is 42.2. The Bertz CT molecular complexity index is 3440. The smallest absolute Gasteiger partial charge is 0.116 e. The Morgan fingerprint density at radius 1 is 0.729 bits per heavy atom. The number of fused-ring (bicyclic) bond motifs is 4. The van der Waals surface area contributed by atoms with Crippen LogP contribution in [0.4, 0.5) is 5.69 Å². The Morgan fingerprint density at radius 2 is 1.37 bits per heavy atom. The number of hydrogen-bond donors (Lipinski definition) is 6. The minimum absolute atomic E-state index is 0.708. The SMILES string of the molecule is CC.CC(C)=N/C=C(\C)c1cc2c(-c3cc4c(-n5cnc(C)c5)cncc4[nH]3)n[nH]c2cn1.CCC.NC=Nc1cncc2[nH]c(-c3n[nH]c4cnc(-c5cncc(CC6CCNCC6)c5)cc34)cc12. The maximum absolute atomic E-state index is 5.50. The molecule has 17 nitrogen and oxygen atoms in total. The van der Waals surface area contributed by atoms with Gasteiger partial charge in [-0.25, -0.2) is 9.98 Å². The number of pyridine rings is 5. The van der Waals surface area contributed by atoms with Gasteiger partial charge in [0.15, 0.2) is 0 Å². The second-order valence-electron chi connectivity index (χ2n) is 17.3. The van der Waals surface area contributed by atoms with E-state index in [0.717, 1.165) is 126 Å². The molecule has 11 rings (SSSR count). The molecule has 1 aliphatic rings. The quantitative estimate of drug-likeness (QED) is 0.0591. The molecule has 1 fully saturated rings. The Hall–Kier alpha value is -8.18. The number of nitrogens with zero attached hydrogens (tertiary/aromatic N) is 11. The van der Waals surface area contributed by atoms with Crippen molar-refractivity contribution in [1.82, 2.24) is 70.2 Å². The highest BCUT2D eigenvalue weighted by Gasteiger charge is 2.18. The highest BCUT2D eigenvalue weighted by molar-refractivity contribution is 6.00. The van der Waals surface area contributed by atoms with Crippen molar-refractivity contribution < 1.29 is 0 Å². The Kier molecular flexibility index (Phi) is 15.4. The molecule has 17 heteroatoms. The summed E-state index contributed by atoms with van der Waals surface area (Å²) in [6.45, 7) is 18.4. The zero-order valence-electron chi connectivity index (χ0n) is 41.1. The number of aromatic amines is 4. The van der Waals surface area contributed by atoms with Crippen LogP contribution in [-0.2, 0) is 6.42 Å². The van der Waals surface area contributed by atoms with Crippen molar-refractivity contribution in [3.05, 3.63) is 116 Å². The molecule has 70 heavy (non-hydrogen) atoms. The van der Waals surface area contributed by atoms with Crippen LogP contribution in [0.15, 0.2) is 109 Å². The molecule has 0 amide bonds. The predicted molar refractivity (Wildman–Crippen MR) is 284 cm³/mol. The summed E-state index contributed by atoms with van der Waals surface area (Å²) in [6.07, 6.45) is 26.3. The largest absolute Gasteiger partial charge is 0.390 e. The number of piperidine rings is 1. The molecule has 0 saturated carbocycles. The number of rotatable bonds is 9. The molecule has 358 valence electrons. The number of hydrogen-bond acceptors (Lipinski definition) is 11. The topological polar surface area (TPSA) is 234 Å². The Labute approximate surface area is 406 Å². The second-order valence-corrected chi connectivity index (χ2v) is 17.3. The summed E-state index contributed by atoms with van der Waals surface area (Å²) >= 11 is 0. The van der Waals surface area contributed by atoms with Gasteiger partial charge in [0.2, 0.25) is 0 Å². The lowest BCUT2D eigenvalue weighted by Crippen LogP contribution is -2.28. The van der Waals surface area contributed by atoms with Crippen molar-refractivity contribution in [2.24, 2.45) is 21.6 Å². The Balaban J connectivity index is 0.000000173. The van der Waals surface area contributed by atoms with E-state index in [0.29, 0.717) is 11.6 Å². The van der Waals surface area contributed by atoms with Gasteiger partial charge in [-0.05, 0) is 107 Å². The number of nitrogens with two attached hydrogens (primary N) is 1. The molecule has 7 N–H and O–H groups in total. The van der Waals surface area contributed by atoms with E-state index < -0.39 is 0 Å². The minimum Gasteiger partial charge on any atom is -0.390 e. The van der Waals surface area contributed by atoms with Crippen molar-refractivity contribution in [3.8, 4) is 39.7 Å². The third-order valence-corrected chi connectivity index (χ3v) is 11.7. The minimum atomic E-state index is 0.708. The van der Waals surface area contributed by atoms with Gasteiger partial charge in [0, 0.05) is 57.6 Å². The second kappa shape index (κ2) is 22.3. The molecule has 0 atom stereocenters. The van der Waals surface area contributed by atoms with Gasteiger partial charge in [-0.3, -0.25) is 40.1 Å². The van der Waals surface area contributed by atoms with Crippen molar-refractivity contribution in [3.63, 3.8) is 0 Å². The molecular formula is C53H61N17. The number of imidazole rings is 1. The zero-order chi connectivity index (χ0) is 49.1. The molecule has 0 unspecified atom stereocenters. The van der Waals surface area contributed by atoms with Gasteiger partial charge in [-0.15, -0.1) is 0 Å². The molecule has 1 saturated heterocycles. The number of allylic oxidation sites excluding steroid dienone is 1. The van der Waals surface area contributed by atoms with Crippen LogP contribution in [0.1, 0.15) is 84.7 Å². The summed E-state index contributed by atoms with van der Waals surface area (Å²) in [5, 5.41) is 22.7. The fourth-order valence-corrected chi connectivity index (χ4v) is 8.34. The first-order valence-corrected chi connectivity index (χ1v) is 23.9. The van der Waals surface area contributed by atoms with Gasteiger partial charge in [-0.1, -0.05) is 34.1 Å². The normalized spacial score (nSPS) is 13.0. The molecule has 10 aromatic heterocycles. The average Bonchev–Trinajstić information content (AvgIpc) is 4.24. The Morgan fingerprint density at radius 3 is 2.04 bits per heavy atom. The highest BCUT2D eigenvalue weighted by Crippen LogP contribution is 2.35. The summed E-state index contributed by atoms with van der Waals surface area (Å²) < 4.78 is 1.98. The maximum Gasteiger partial charge on any atom is 0.116 e. The van der Waals surface area contributed by atoms with Crippen LogP contribution in [0, 0.1) is 12.8 Å². The average molecular weight is 936 g/mol. The lowest BCUT2D eigenvalue weighted by atomic mass is 9.91. The van der Waals surface area contributed by atoms with Crippen LogP contribution in [0.5, 0.6) is 0 Å². The van der Waals surface area contributed by atoms with E-state index in [9.17, 15) is 0 Å². The van der Waals surface area contributed by atoms with Crippen LogP contribution in [-0.4, -0.2) is 90.0 Å². The van der Waals surface area contributed by atoms with Crippen LogP contribution >= 0.6 is 0 Å². The molecule has 1 aliphatic heterocycles. The lowest BCUT2D eigenvalue weighted by Gasteiger charge is -2.22. The zero-order valence-corrected chi connectivity index (χ0v) is 41.1. The first kappa shape index (κ1) is 48.3. The van der Waals surface area contributed by atoms with Gasteiger partial charge < -0.3 is 25.6 Å². The van der Waals surface area contributed by atoms with E-state index in [-0.39, 0.29) is 0 Å². The van der Waals surface area contributed by atoms with Gasteiger partial charge in [0.05, 0.1) is 112 Å². The number of nitrogens with one attached hydrogen (secondary N) is 5. The molecular weight excluding hydrogens is 875 g/mol. The van der Waals surface area contributed by atoms with Crippen LogP contribution in [0.2, 0.25) is 0 Å². The van der Waals surface area contributed by atoms with Gasteiger partial charge in [-0.2, -0.15) is 10.2 Å². The molecule has 0 radical (unpaired) electrons. The molecule has 11 heterocycles. The summed E-state index contributed by atoms with van der Waals surface area (Å²) in [5.74, 6) is 0.708. The molecule has 10 aromatic rings. The molecule has 0 aliphatic carbocycles. The van der Waals surface area contributed by atoms with Crippen molar-refractivity contribution in [1.29, 1.82) is 0 Å². The molecule has 0 bridgehead atoms. The summed E-state index contributed by atoms with van der Waals surface area (Å²) in [7, 11) is 0. The highest BCUT2D eigenvalue weighted by atomic mass is 15.1. The number of aryl methyl sites for hydroxylation is 1. The third kappa shape index (κ3) is 10.7. The van der Waals surface area contributed by atoms with Crippen molar-refractivity contribution >= 4 is 66.9 Å². The van der Waals surface area contributed by atoms with Gasteiger partial charge in [0.25, 0.3) is 0 Å². The lowest BCUT2D eigenvalue weighted by molar-refractivity contribution is 0.372. The van der Waals surface area contributed by atoms with Crippen molar-refractivity contribution in [2.75, 3.05) is 13.1 Å². The van der Waals surface area contributed by atoms with Crippen LogP contribution in [0.3, 0.4) is 0 Å². The van der Waals surface area contributed by atoms with Crippen LogP contribution < -0.4 is 11.1 Å². The van der Waals surface area contributed by atoms with E-state index in [1.807, 2.05) is 108 Å². The monoisotopic (exact) mass is 936 g/mol. The van der Waals surface area contributed by atoms with E-state index in [2.05, 4.69) is 108 Å². The number of aliphatic imine (C=N–C) groups is 2. The van der Waals surface area contributed by atoms with E-state index in [1.165, 1.54) is 31.2 Å². The first-order chi connectivity index (χ1) is 34.2. The third-order valence-electron chi connectivity index (χ3n) is 11.7. The standard InChI is InChI=1S/C25H25N9.C23H22N8.C3H8.C2H6/c26-14-31-22-11-29-12-23-18(22)7-21(32-23)25-19-8-20(30-13-24(19)33-34-25)17-6-16(9-28-10-17)5-15-1-3-27-4-2-15;1-13(2)25-7-14(3)18-6-17-21(9-26-18)29-30-23(17)19-5-16-20(28-19)8-24-10-22(16)31-11-15(4)27-12-31;1-3-2;1-2/h6-15,27,32H,1-5H2,(H2,26,31)(H,33,34);5-12,28H,1-4H3,(H,29,30);3H2,1-2H3;1-2H3/b;14-7+;;. The van der Waals surface area contributed by atoms with E-state index in [1.54, 1.807) is 18.7 Å². The molecule has 0 aromatic carbocycles.